The monoisotopic (exact) mass is 253 g/mol. The van der Waals surface area contributed by atoms with Gasteiger partial charge in [0.2, 0.25) is 0 Å². The molecule has 94 valence electrons. The SMILES string of the molecule is CC(C)c1ccccc1NC1CCS(=O)(=O)C1. The third kappa shape index (κ3) is 3.00. The Bertz CT molecular complexity index is 494. The highest BCUT2D eigenvalue weighted by molar-refractivity contribution is 7.91. The quantitative estimate of drug-likeness (QED) is 0.899. The first-order valence-corrected chi connectivity index (χ1v) is 7.86. The van der Waals surface area contributed by atoms with Crippen molar-refractivity contribution in [1.29, 1.82) is 0 Å². The Morgan fingerprint density at radius 1 is 1.29 bits per heavy atom. The van der Waals surface area contributed by atoms with Gasteiger partial charge < -0.3 is 5.32 Å². The van der Waals surface area contributed by atoms with E-state index in [1.807, 2.05) is 18.2 Å². The van der Waals surface area contributed by atoms with Crippen molar-refractivity contribution in [1.82, 2.24) is 0 Å². The summed E-state index contributed by atoms with van der Waals surface area (Å²) in [4.78, 5) is 0. The molecule has 0 aliphatic carbocycles. The van der Waals surface area contributed by atoms with Crippen molar-refractivity contribution >= 4 is 15.5 Å². The lowest BCUT2D eigenvalue weighted by Gasteiger charge is -2.18. The van der Waals surface area contributed by atoms with Gasteiger partial charge in [-0.05, 0) is 24.0 Å². The minimum Gasteiger partial charge on any atom is -0.381 e. The minimum atomic E-state index is -2.81. The van der Waals surface area contributed by atoms with Crippen LogP contribution >= 0.6 is 0 Å². The van der Waals surface area contributed by atoms with E-state index in [2.05, 4.69) is 25.2 Å². The molecule has 1 fully saturated rings. The van der Waals surface area contributed by atoms with Crippen LogP contribution in [-0.2, 0) is 9.84 Å². The van der Waals surface area contributed by atoms with Crippen LogP contribution in [0.2, 0.25) is 0 Å². The van der Waals surface area contributed by atoms with Crippen molar-refractivity contribution in [3.05, 3.63) is 29.8 Å². The first-order valence-electron chi connectivity index (χ1n) is 6.04. The third-order valence-electron chi connectivity index (χ3n) is 3.17. The van der Waals surface area contributed by atoms with E-state index in [0.717, 1.165) is 12.1 Å². The van der Waals surface area contributed by atoms with Gasteiger partial charge in [-0.3, -0.25) is 0 Å². The highest BCUT2D eigenvalue weighted by atomic mass is 32.2. The zero-order valence-electron chi connectivity index (χ0n) is 10.3. The van der Waals surface area contributed by atoms with Crippen molar-refractivity contribution in [3.63, 3.8) is 0 Å². The summed E-state index contributed by atoms with van der Waals surface area (Å²) >= 11 is 0. The highest BCUT2D eigenvalue weighted by Crippen LogP contribution is 2.26. The molecule has 0 radical (unpaired) electrons. The maximum Gasteiger partial charge on any atom is 0.152 e. The summed E-state index contributed by atoms with van der Waals surface area (Å²) in [6, 6.07) is 8.19. The lowest BCUT2D eigenvalue weighted by atomic mass is 10.0. The Morgan fingerprint density at radius 2 is 2.00 bits per heavy atom. The molecule has 3 nitrogen and oxygen atoms in total. The van der Waals surface area contributed by atoms with Crippen LogP contribution in [0.15, 0.2) is 24.3 Å². The van der Waals surface area contributed by atoms with Gasteiger partial charge in [-0.2, -0.15) is 0 Å². The van der Waals surface area contributed by atoms with Crippen LogP contribution in [0.25, 0.3) is 0 Å². The van der Waals surface area contributed by atoms with Crippen LogP contribution in [0.3, 0.4) is 0 Å². The summed E-state index contributed by atoms with van der Waals surface area (Å²) in [5.41, 5.74) is 2.32. The number of sulfone groups is 1. The Kier molecular flexibility index (Phi) is 3.43. The number of hydrogen-bond donors (Lipinski definition) is 1. The fraction of sp³-hybridized carbons (Fsp3) is 0.538. The first kappa shape index (κ1) is 12.4. The molecular formula is C13H19NO2S. The van der Waals surface area contributed by atoms with Crippen molar-refractivity contribution in [2.24, 2.45) is 0 Å². The van der Waals surface area contributed by atoms with Crippen LogP contribution in [0, 0.1) is 0 Å². The summed E-state index contributed by atoms with van der Waals surface area (Å²) in [5.74, 6) is 1.02. The molecule has 1 aromatic carbocycles. The van der Waals surface area contributed by atoms with Gasteiger partial charge in [0.15, 0.2) is 9.84 Å². The number of anilines is 1. The molecule has 0 saturated carbocycles. The maximum atomic E-state index is 11.4. The zero-order valence-corrected chi connectivity index (χ0v) is 11.1. The predicted molar refractivity (Wildman–Crippen MR) is 71.2 cm³/mol. The van der Waals surface area contributed by atoms with E-state index in [0.29, 0.717) is 11.7 Å². The van der Waals surface area contributed by atoms with Gasteiger partial charge in [0.1, 0.15) is 0 Å². The van der Waals surface area contributed by atoms with Crippen molar-refractivity contribution in [3.8, 4) is 0 Å². The van der Waals surface area contributed by atoms with Crippen LogP contribution in [0.1, 0.15) is 31.7 Å². The lowest BCUT2D eigenvalue weighted by molar-refractivity contribution is 0.602. The molecule has 1 aromatic rings. The summed E-state index contributed by atoms with van der Waals surface area (Å²) in [6.45, 7) is 4.29. The number of benzene rings is 1. The lowest BCUT2D eigenvalue weighted by Crippen LogP contribution is -2.21. The molecule has 1 aliphatic rings. The van der Waals surface area contributed by atoms with Gasteiger partial charge in [0.05, 0.1) is 11.5 Å². The van der Waals surface area contributed by atoms with E-state index in [4.69, 9.17) is 0 Å². The number of rotatable bonds is 3. The van der Waals surface area contributed by atoms with E-state index in [1.165, 1.54) is 5.56 Å². The van der Waals surface area contributed by atoms with Crippen LogP contribution in [-0.4, -0.2) is 26.0 Å². The summed E-state index contributed by atoms with van der Waals surface area (Å²) in [7, 11) is -2.81. The van der Waals surface area contributed by atoms with E-state index in [-0.39, 0.29) is 11.8 Å². The fourth-order valence-electron chi connectivity index (χ4n) is 2.26. The van der Waals surface area contributed by atoms with Gasteiger partial charge in [0, 0.05) is 11.7 Å². The predicted octanol–water partition coefficient (Wildman–Crippen LogP) is 2.41. The summed E-state index contributed by atoms with van der Waals surface area (Å²) in [5, 5.41) is 3.37. The number of nitrogens with one attached hydrogen (secondary N) is 1. The molecular weight excluding hydrogens is 234 g/mol. The van der Waals surface area contributed by atoms with Gasteiger partial charge in [0.25, 0.3) is 0 Å². The van der Waals surface area contributed by atoms with E-state index >= 15 is 0 Å². The number of para-hydroxylation sites is 1. The molecule has 4 heteroatoms. The van der Waals surface area contributed by atoms with Gasteiger partial charge >= 0.3 is 0 Å². The van der Waals surface area contributed by atoms with E-state index in [9.17, 15) is 8.42 Å². The summed E-state index contributed by atoms with van der Waals surface area (Å²) in [6.07, 6.45) is 0.717. The Morgan fingerprint density at radius 3 is 2.59 bits per heavy atom. The minimum absolute atomic E-state index is 0.0694. The second kappa shape index (κ2) is 4.69. The molecule has 0 amide bonds. The Labute approximate surface area is 103 Å². The molecule has 2 rings (SSSR count). The maximum absolute atomic E-state index is 11.4. The summed E-state index contributed by atoms with van der Waals surface area (Å²) < 4.78 is 22.8. The normalized spacial score (nSPS) is 22.9. The molecule has 1 N–H and O–H groups in total. The smallest absolute Gasteiger partial charge is 0.152 e. The largest absolute Gasteiger partial charge is 0.381 e. The zero-order chi connectivity index (χ0) is 12.5. The standard InChI is InChI=1S/C13H19NO2S/c1-10(2)12-5-3-4-6-13(12)14-11-7-8-17(15,16)9-11/h3-6,10-11,14H,7-9H2,1-2H3. The topological polar surface area (TPSA) is 46.2 Å². The molecule has 1 heterocycles. The van der Waals surface area contributed by atoms with Crippen molar-refractivity contribution in [2.75, 3.05) is 16.8 Å². The van der Waals surface area contributed by atoms with Crippen LogP contribution < -0.4 is 5.32 Å². The average Bonchev–Trinajstić information content (AvgIpc) is 2.58. The Balaban J connectivity index is 2.14. The highest BCUT2D eigenvalue weighted by Gasteiger charge is 2.28. The average molecular weight is 253 g/mol. The second-order valence-electron chi connectivity index (χ2n) is 4.99. The molecule has 1 atom stereocenters. The van der Waals surface area contributed by atoms with Gasteiger partial charge in [-0.1, -0.05) is 32.0 Å². The second-order valence-corrected chi connectivity index (χ2v) is 7.21. The number of hydrogen-bond acceptors (Lipinski definition) is 3. The molecule has 1 unspecified atom stereocenters. The van der Waals surface area contributed by atoms with Crippen molar-refractivity contribution in [2.45, 2.75) is 32.2 Å². The van der Waals surface area contributed by atoms with Crippen LogP contribution in [0.5, 0.6) is 0 Å². The van der Waals surface area contributed by atoms with Gasteiger partial charge in [-0.15, -0.1) is 0 Å². The van der Waals surface area contributed by atoms with E-state index < -0.39 is 9.84 Å². The molecule has 17 heavy (non-hydrogen) atoms. The molecule has 1 saturated heterocycles. The Hall–Kier alpha value is -1.03. The molecule has 0 aromatic heterocycles. The molecule has 0 spiro atoms. The van der Waals surface area contributed by atoms with Crippen LogP contribution in [0.4, 0.5) is 5.69 Å². The van der Waals surface area contributed by atoms with E-state index in [1.54, 1.807) is 0 Å². The van der Waals surface area contributed by atoms with Gasteiger partial charge in [-0.25, -0.2) is 8.42 Å². The molecule has 0 bridgehead atoms. The molecule has 1 aliphatic heterocycles. The third-order valence-corrected chi connectivity index (χ3v) is 4.94. The fourth-order valence-corrected chi connectivity index (χ4v) is 3.93. The first-order chi connectivity index (χ1) is 7.98. The van der Waals surface area contributed by atoms with Crippen molar-refractivity contribution < 1.29 is 8.42 Å².